The lowest BCUT2D eigenvalue weighted by molar-refractivity contribution is 0.282. The Morgan fingerprint density at radius 1 is 1.14 bits per heavy atom. The summed E-state index contributed by atoms with van der Waals surface area (Å²) in [5.74, 6) is 1.75. The molecule has 1 aromatic heterocycles. The van der Waals surface area contributed by atoms with Gasteiger partial charge >= 0.3 is 0 Å². The molecule has 1 unspecified atom stereocenters. The van der Waals surface area contributed by atoms with Gasteiger partial charge in [0.05, 0.1) is 12.4 Å². The van der Waals surface area contributed by atoms with E-state index in [4.69, 9.17) is 9.63 Å². The highest BCUT2D eigenvalue weighted by Gasteiger charge is 2.22. The Hall–Kier alpha value is -1.53. The molecular weight excluding hydrogens is 288 g/mol. The molecule has 0 radical (unpaired) electrons. The monoisotopic (exact) mass is 308 g/mol. The first kappa shape index (κ1) is 15.9. The first-order valence-electron chi connectivity index (χ1n) is 6.75. The van der Waals surface area contributed by atoms with Gasteiger partial charge in [0.2, 0.25) is 5.89 Å². The molecule has 0 spiro atoms. The van der Waals surface area contributed by atoms with Crippen molar-refractivity contribution < 1.29 is 13.8 Å². The predicted molar refractivity (Wildman–Crippen MR) is 80.9 cm³/mol. The summed E-state index contributed by atoms with van der Waals surface area (Å²) in [6.45, 7) is 5.99. The third kappa shape index (κ3) is 4.47. The molecule has 0 bridgehead atoms. The fourth-order valence-corrected chi connectivity index (χ4v) is 2.81. The average Bonchev–Trinajstić information content (AvgIpc) is 2.88. The van der Waals surface area contributed by atoms with Gasteiger partial charge in [-0.1, -0.05) is 50.2 Å². The SMILES string of the molecule is CC(C)(C)c1nc(CS(=O)Cc2ccc(CO)cc2)no1. The molecule has 1 N–H and O–H groups in total. The Balaban J connectivity index is 1.96. The average molecular weight is 308 g/mol. The number of hydrogen-bond acceptors (Lipinski definition) is 5. The maximum Gasteiger partial charge on any atom is 0.232 e. The fraction of sp³-hybridized carbons (Fsp3) is 0.467. The molecule has 114 valence electrons. The minimum Gasteiger partial charge on any atom is -0.392 e. The Morgan fingerprint density at radius 3 is 2.29 bits per heavy atom. The first-order chi connectivity index (χ1) is 9.88. The molecule has 21 heavy (non-hydrogen) atoms. The van der Waals surface area contributed by atoms with Crippen LogP contribution >= 0.6 is 0 Å². The molecular formula is C15H20N2O3S. The van der Waals surface area contributed by atoms with Crippen molar-refractivity contribution in [1.82, 2.24) is 10.1 Å². The third-order valence-corrected chi connectivity index (χ3v) is 4.17. The highest BCUT2D eigenvalue weighted by molar-refractivity contribution is 7.83. The van der Waals surface area contributed by atoms with Gasteiger partial charge in [-0.25, -0.2) is 0 Å². The molecule has 0 amide bonds. The van der Waals surface area contributed by atoms with Crippen molar-refractivity contribution in [1.29, 1.82) is 0 Å². The summed E-state index contributed by atoms with van der Waals surface area (Å²) in [4.78, 5) is 4.29. The second-order valence-corrected chi connectivity index (χ2v) is 7.43. The van der Waals surface area contributed by atoms with Gasteiger partial charge in [0.25, 0.3) is 0 Å². The van der Waals surface area contributed by atoms with Crippen LogP contribution in [0.4, 0.5) is 0 Å². The van der Waals surface area contributed by atoms with Gasteiger partial charge in [-0.2, -0.15) is 4.98 Å². The molecule has 0 aliphatic heterocycles. The Bertz CT molecular complexity index is 615. The second kappa shape index (κ2) is 6.49. The number of aliphatic hydroxyl groups is 1. The molecule has 5 nitrogen and oxygen atoms in total. The topological polar surface area (TPSA) is 76.2 Å². The van der Waals surface area contributed by atoms with Crippen LogP contribution in [-0.4, -0.2) is 19.5 Å². The molecule has 0 aliphatic rings. The zero-order valence-electron chi connectivity index (χ0n) is 12.5. The van der Waals surface area contributed by atoms with Gasteiger partial charge in [0.15, 0.2) is 5.82 Å². The van der Waals surface area contributed by atoms with Crippen LogP contribution in [0.25, 0.3) is 0 Å². The highest BCUT2D eigenvalue weighted by atomic mass is 32.2. The highest BCUT2D eigenvalue weighted by Crippen LogP contribution is 2.20. The lowest BCUT2D eigenvalue weighted by Gasteiger charge is -2.10. The largest absolute Gasteiger partial charge is 0.392 e. The van der Waals surface area contributed by atoms with Crippen molar-refractivity contribution in [2.24, 2.45) is 0 Å². The maximum absolute atomic E-state index is 12.1. The number of nitrogens with zero attached hydrogens (tertiary/aromatic N) is 2. The summed E-state index contributed by atoms with van der Waals surface area (Å²) >= 11 is 0. The number of aliphatic hydroxyl groups excluding tert-OH is 1. The standard InChI is InChI=1S/C15H20N2O3S/c1-15(2,3)14-16-13(17-20-14)10-21(19)9-12-6-4-11(8-18)5-7-12/h4-7,18H,8-10H2,1-3H3. The summed E-state index contributed by atoms with van der Waals surface area (Å²) in [6, 6.07) is 7.41. The minimum atomic E-state index is -1.09. The van der Waals surface area contributed by atoms with E-state index >= 15 is 0 Å². The zero-order valence-corrected chi connectivity index (χ0v) is 13.3. The molecule has 1 heterocycles. The maximum atomic E-state index is 12.1. The summed E-state index contributed by atoms with van der Waals surface area (Å²) in [7, 11) is -1.09. The van der Waals surface area contributed by atoms with Crippen LogP contribution in [0.5, 0.6) is 0 Å². The van der Waals surface area contributed by atoms with Crippen molar-refractivity contribution in [3.05, 3.63) is 47.1 Å². The van der Waals surface area contributed by atoms with Crippen LogP contribution in [0.2, 0.25) is 0 Å². The summed E-state index contributed by atoms with van der Waals surface area (Å²) in [5.41, 5.74) is 1.61. The van der Waals surface area contributed by atoms with Crippen LogP contribution in [0.3, 0.4) is 0 Å². The van der Waals surface area contributed by atoms with Crippen LogP contribution in [0, 0.1) is 0 Å². The molecule has 0 saturated carbocycles. The molecule has 1 atom stereocenters. The number of hydrogen-bond donors (Lipinski definition) is 1. The predicted octanol–water partition coefficient (Wildman–Crippen LogP) is 2.31. The van der Waals surface area contributed by atoms with E-state index in [0.29, 0.717) is 17.5 Å². The van der Waals surface area contributed by atoms with E-state index < -0.39 is 10.8 Å². The van der Waals surface area contributed by atoms with E-state index in [2.05, 4.69) is 10.1 Å². The molecule has 2 aromatic rings. The number of benzene rings is 1. The quantitative estimate of drug-likeness (QED) is 0.917. The Labute approximate surface area is 126 Å². The van der Waals surface area contributed by atoms with Gasteiger partial charge in [-0.15, -0.1) is 0 Å². The number of rotatable bonds is 5. The van der Waals surface area contributed by atoms with Crippen molar-refractivity contribution in [2.45, 2.75) is 44.3 Å². The third-order valence-electron chi connectivity index (χ3n) is 2.93. The fourth-order valence-electron chi connectivity index (χ4n) is 1.74. The first-order valence-corrected chi connectivity index (χ1v) is 8.24. The van der Waals surface area contributed by atoms with Gasteiger partial charge in [0.1, 0.15) is 0 Å². The number of aromatic nitrogens is 2. The van der Waals surface area contributed by atoms with Crippen LogP contribution in [-0.2, 0) is 34.3 Å². The molecule has 1 aromatic carbocycles. The van der Waals surface area contributed by atoms with Crippen molar-refractivity contribution in [3.63, 3.8) is 0 Å². The molecule has 0 fully saturated rings. The van der Waals surface area contributed by atoms with E-state index in [9.17, 15) is 4.21 Å². The summed E-state index contributed by atoms with van der Waals surface area (Å²) < 4.78 is 17.3. The van der Waals surface area contributed by atoms with Crippen LogP contribution in [0.1, 0.15) is 43.6 Å². The molecule has 6 heteroatoms. The van der Waals surface area contributed by atoms with Crippen molar-refractivity contribution >= 4 is 10.8 Å². The van der Waals surface area contributed by atoms with Crippen molar-refractivity contribution in [2.75, 3.05) is 0 Å². The summed E-state index contributed by atoms with van der Waals surface area (Å²) in [5, 5.41) is 12.9. The van der Waals surface area contributed by atoms with E-state index in [0.717, 1.165) is 11.1 Å². The van der Waals surface area contributed by atoms with Crippen LogP contribution in [0.15, 0.2) is 28.8 Å². The second-order valence-electron chi connectivity index (χ2n) is 5.97. The normalized spacial score (nSPS) is 13.3. The van der Waals surface area contributed by atoms with Gasteiger partial charge in [0, 0.05) is 22.0 Å². The van der Waals surface area contributed by atoms with E-state index in [1.807, 2.05) is 45.0 Å². The van der Waals surface area contributed by atoms with Crippen LogP contribution < -0.4 is 0 Å². The van der Waals surface area contributed by atoms with E-state index in [-0.39, 0.29) is 17.8 Å². The Kier molecular flexibility index (Phi) is 4.90. The minimum absolute atomic E-state index is 0.0157. The zero-order chi connectivity index (χ0) is 15.5. The van der Waals surface area contributed by atoms with Gasteiger partial charge < -0.3 is 9.63 Å². The lowest BCUT2D eigenvalue weighted by Crippen LogP contribution is -2.11. The molecule has 2 rings (SSSR count). The molecule has 0 aliphatic carbocycles. The lowest BCUT2D eigenvalue weighted by atomic mass is 9.97. The van der Waals surface area contributed by atoms with Gasteiger partial charge in [-0.05, 0) is 11.1 Å². The Morgan fingerprint density at radius 2 is 1.76 bits per heavy atom. The van der Waals surface area contributed by atoms with Gasteiger partial charge in [-0.3, -0.25) is 4.21 Å². The van der Waals surface area contributed by atoms with Crippen molar-refractivity contribution in [3.8, 4) is 0 Å². The smallest absolute Gasteiger partial charge is 0.232 e. The van der Waals surface area contributed by atoms with E-state index in [1.165, 1.54) is 0 Å². The summed E-state index contributed by atoms with van der Waals surface area (Å²) in [6.07, 6.45) is 0. The van der Waals surface area contributed by atoms with E-state index in [1.54, 1.807) is 0 Å². The molecule has 0 saturated heterocycles.